The van der Waals surface area contributed by atoms with Gasteiger partial charge in [-0.1, -0.05) is 0 Å². The van der Waals surface area contributed by atoms with Crippen molar-refractivity contribution >= 4 is 23.6 Å². The van der Waals surface area contributed by atoms with E-state index < -0.39 is 35.7 Å². The summed E-state index contributed by atoms with van der Waals surface area (Å²) in [4.78, 5) is 24.2. The second kappa shape index (κ2) is 6.40. The maximum Gasteiger partial charge on any atom is 0.326 e. The van der Waals surface area contributed by atoms with E-state index in [1.807, 2.05) is 0 Å². The third-order valence-electron chi connectivity index (χ3n) is 3.13. The van der Waals surface area contributed by atoms with Crippen LogP contribution < -0.4 is 0 Å². The van der Waals surface area contributed by atoms with Gasteiger partial charge in [0.1, 0.15) is 17.7 Å². The molecule has 2 N–H and O–H groups in total. The molecule has 0 spiro atoms. The van der Waals surface area contributed by atoms with Gasteiger partial charge in [0.2, 0.25) is 5.91 Å². The van der Waals surface area contributed by atoms with Crippen LogP contribution in [0.15, 0.2) is 23.1 Å². The third-order valence-corrected chi connectivity index (χ3v) is 4.16. The molecule has 0 aromatic heterocycles. The first-order valence-corrected chi connectivity index (χ1v) is 7.15. The Kier molecular flexibility index (Phi) is 4.79. The molecule has 1 aliphatic rings. The van der Waals surface area contributed by atoms with Gasteiger partial charge in [-0.3, -0.25) is 4.79 Å². The SMILES string of the molecule is O=C(O)[C@@H]1C[C@H](O)CN1C(=O)CSc1ccc(F)cc1F. The molecule has 1 fully saturated rings. The summed E-state index contributed by atoms with van der Waals surface area (Å²) in [7, 11) is 0. The number of carbonyl (C=O) groups excluding carboxylic acids is 1. The normalized spacial score (nSPS) is 21.6. The van der Waals surface area contributed by atoms with Crippen LogP contribution in [-0.2, 0) is 9.59 Å². The van der Waals surface area contributed by atoms with Crippen LogP contribution in [0.3, 0.4) is 0 Å². The number of carboxylic acid groups (broad SMARTS) is 1. The van der Waals surface area contributed by atoms with Crippen LogP contribution in [0.1, 0.15) is 6.42 Å². The van der Waals surface area contributed by atoms with Gasteiger partial charge in [0, 0.05) is 23.9 Å². The van der Waals surface area contributed by atoms with Crippen molar-refractivity contribution in [2.24, 2.45) is 0 Å². The molecule has 114 valence electrons. The Labute approximate surface area is 123 Å². The Morgan fingerprint density at radius 2 is 2.10 bits per heavy atom. The van der Waals surface area contributed by atoms with E-state index in [2.05, 4.69) is 0 Å². The lowest BCUT2D eigenvalue weighted by molar-refractivity contribution is -0.147. The predicted octanol–water partition coefficient (Wildman–Crippen LogP) is 1.10. The number of likely N-dealkylation sites (tertiary alicyclic amines) is 1. The lowest BCUT2D eigenvalue weighted by Gasteiger charge is -2.20. The van der Waals surface area contributed by atoms with Crippen molar-refractivity contribution in [3.8, 4) is 0 Å². The molecular weight excluding hydrogens is 304 g/mol. The third kappa shape index (κ3) is 3.70. The molecule has 0 bridgehead atoms. The summed E-state index contributed by atoms with van der Waals surface area (Å²) in [5.41, 5.74) is 0. The molecule has 8 heteroatoms. The quantitative estimate of drug-likeness (QED) is 0.813. The fraction of sp³-hybridized carbons (Fsp3) is 0.385. The first kappa shape index (κ1) is 15.7. The molecular formula is C13H13F2NO4S. The van der Waals surface area contributed by atoms with Crippen molar-refractivity contribution in [1.29, 1.82) is 0 Å². The van der Waals surface area contributed by atoms with Crippen LogP contribution in [0, 0.1) is 11.6 Å². The Morgan fingerprint density at radius 3 is 2.71 bits per heavy atom. The van der Waals surface area contributed by atoms with Crippen molar-refractivity contribution in [2.75, 3.05) is 12.3 Å². The molecule has 2 atom stereocenters. The zero-order chi connectivity index (χ0) is 15.6. The van der Waals surface area contributed by atoms with Crippen molar-refractivity contribution in [2.45, 2.75) is 23.5 Å². The van der Waals surface area contributed by atoms with E-state index in [-0.39, 0.29) is 23.6 Å². The highest BCUT2D eigenvalue weighted by atomic mass is 32.2. The van der Waals surface area contributed by atoms with Crippen LogP contribution in [0.2, 0.25) is 0 Å². The summed E-state index contributed by atoms with van der Waals surface area (Å²) in [6.45, 7) is -0.0533. The summed E-state index contributed by atoms with van der Waals surface area (Å²) in [5.74, 6) is -3.36. The first-order chi connectivity index (χ1) is 9.88. The molecule has 1 aromatic rings. The summed E-state index contributed by atoms with van der Waals surface area (Å²) in [6, 6.07) is 1.95. The lowest BCUT2D eigenvalue weighted by atomic mass is 10.2. The first-order valence-electron chi connectivity index (χ1n) is 6.16. The molecule has 0 aliphatic carbocycles. The summed E-state index contributed by atoms with van der Waals surface area (Å²) in [6.07, 6.45) is -0.890. The van der Waals surface area contributed by atoms with Gasteiger partial charge < -0.3 is 15.1 Å². The number of aliphatic hydroxyl groups is 1. The fourth-order valence-corrected chi connectivity index (χ4v) is 2.94. The molecule has 0 saturated carbocycles. The van der Waals surface area contributed by atoms with Gasteiger partial charge in [0.15, 0.2) is 0 Å². The molecule has 1 amide bonds. The molecule has 2 rings (SSSR count). The number of aliphatic hydroxyl groups excluding tert-OH is 1. The van der Waals surface area contributed by atoms with Crippen LogP contribution in [0.4, 0.5) is 8.78 Å². The standard InChI is InChI=1S/C13H13F2NO4S/c14-7-1-2-11(9(15)3-7)21-6-12(18)16-5-8(17)4-10(16)13(19)20/h1-3,8,10,17H,4-6H2,(H,19,20)/t8-,10-/m0/s1. The number of aliphatic carboxylic acids is 1. The highest BCUT2D eigenvalue weighted by Gasteiger charge is 2.38. The second-order valence-corrected chi connectivity index (χ2v) is 5.67. The molecule has 0 unspecified atom stereocenters. The number of benzene rings is 1. The Hall–Kier alpha value is -1.67. The Bertz CT molecular complexity index is 569. The number of nitrogens with zero attached hydrogens (tertiary/aromatic N) is 1. The number of hydrogen-bond acceptors (Lipinski definition) is 4. The monoisotopic (exact) mass is 317 g/mol. The highest BCUT2D eigenvalue weighted by Crippen LogP contribution is 2.25. The molecule has 1 aromatic carbocycles. The second-order valence-electron chi connectivity index (χ2n) is 4.65. The molecule has 1 aliphatic heterocycles. The molecule has 1 saturated heterocycles. The number of amides is 1. The van der Waals surface area contributed by atoms with E-state index >= 15 is 0 Å². The van der Waals surface area contributed by atoms with Crippen LogP contribution in [-0.4, -0.2) is 51.4 Å². The van der Waals surface area contributed by atoms with Gasteiger partial charge in [0.05, 0.1) is 11.9 Å². The number of carboxylic acids is 1. The van der Waals surface area contributed by atoms with E-state index in [1.165, 1.54) is 6.07 Å². The smallest absolute Gasteiger partial charge is 0.326 e. The van der Waals surface area contributed by atoms with Crippen molar-refractivity contribution < 1.29 is 28.6 Å². The van der Waals surface area contributed by atoms with E-state index in [9.17, 15) is 23.5 Å². The van der Waals surface area contributed by atoms with Crippen molar-refractivity contribution in [3.63, 3.8) is 0 Å². The molecule has 5 nitrogen and oxygen atoms in total. The summed E-state index contributed by atoms with van der Waals surface area (Å²) >= 11 is 0.858. The van der Waals surface area contributed by atoms with E-state index in [4.69, 9.17) is 5.11 Å². The van der Waals surface area contributed by atoms with Gasteiger partial charge in [-0.15, -0.1) is 11.8 Å². The maximum atomic E-state index is 13.4. The van der Waals surface area contributed by atoms with Crippen LogP contribution in [0.5, 0.6) is 0 Å². The maximum absolute atomic E-state index is 13.4. The Balaban J connectivity index is 1.99. The van der Waals surface area contributed by atoms with Gasteiger partial charge >= 0.3 is 5.97 Å². The number of halogens is 2. The zero-order valence-electron chi connectivity index (χ0n) is 10.8. The summed E-state index contributed by atoms with van der Waals surface area (Å²) in [5, 5.41) is 18.5. The summed E-state index contributed by atoms with van der Waals surface area (Å²) < 4.78 is 26.2. The van der Waals surface area contributed by atoms with E-state index in [0.29, 0.717) is 6.07 Å². The number of rotatable bonds is 4. The minimum Gasteiger partial charge on any atom is -0.480 e. The predicted molar refractivity (Wildman–Crippen MR) is 70.8 cm³/mol. The van der Waals surface area contributed by atoms with E-state index in [1.54, 1.807) is 0 Å². The van der Waals surface area contributed by atoms with Gasteiger partial charge in [-0.25, -0.2) is 13.6 Å². The van der Waals surface area contributed by atoms with Crippen molar-refractivity contribution in [1.82, 2.24) is 4.90 Å². The largest absolute Gasteiger partial charge is 0.480 e. The van der Waals surface area contributed by atoms with Crippen molar-refractivity contribution in [3.05, 3.63) is 29.8 Å². The Morgan fingerprint density at radius 1 is 1.38 bits per heavy atom. The lowest BCUT2D eigenvalue weighted by Crippen LogP contribution is -2.41. The van der Waals surface area contributed by atoms with Gasteiger partial charge in [-0.2, -0.15) is 0 Å². The average Bonchev–Trinajstić information content (AvgIpc) is 2.80. The highest BCUT2D eigenvalue weighted by molar-refractivity contribution is 8.00. The van der Waals surface area contributed by atoms with E-state index in [0.717, 1.165) is 22.7 Å². The molecule has 1 heterocycles. The van der Waals surface area contributed by atoms with Crippen LogP contribution in [0.25, 0.3) is 0 Å². The minimum absolute atomic E-state index is 0.0172. The number of β-amino-alcohol motifs (C(OH)–C–C–N with tert-alkyl or cyclic N) is 1. The van der Waals surface area contributed by atoms with Gasteiger partial charge in [-0.05, 0) is 12.1 Å². The topological polar surface area (TPSA) is 77.8 Å². The number of thioether (sulfide) groups is 1. The van der Waals surface area contributed by atoms with Crippen LogP contribution >= 0.6 is 11.8 Å². The minimum atomic E-state index is -1.18. The number of carbonyl (C=O) groups is 2. The zero-order valence-corrected chi connectivity index (χ0v) is 11.6. The van der Waals surface area contributed by atoms with Gasteiger partial charge in [0.25, 0.3) is 0 Å². The molecule has 0 radical (unpaired) electrons. The molecule has 21 heavy (non-hydrogen) atoms. The fourth-order valence-electron chi connectivity index (χ4n) is 2.14. The average molecular weight is 317 g/mol. The number of hydrogen-bond donors (Lipinski definition) is 2.